The summed E-state index contributed by atoms with van der Waals surface area (Å²) < 4.78 is 12.7. The predicted octanol–water partition coefficient (Wildman–Crippen LogP) is 8.12. The summed E-state index contributed by atoms with van der Waals surface area (Å²) in [4.78, 5) is 15.6. The van der Waals surface area contributed by atoms with E-state index in [1.165, 1.54) is 0 Å². The Morgan fingerprint density at radius 3 is 1.78 bits per heavy atom. The van der Waals surface area contributed by atoms with E-state index in [0.717, 1.165) is 50.7 Å². The number of anilines is 5. The lowest BCUT2D eigenvalue weighted by Gasteiger charge is -2.37. The number of nitrogens with one attached hydrogen (secondary N) is 2. The number of ether oxygens (including phenoxy) is 2. The highest BCUT2D eigenvalue weighted by atomic mass is 16.6. The molecule has 0 aromatic heterocycles. The van der Waals surface area contributed by atoms with Gasteiger partial charge in [0.1, 0.15) is 11.5 Å². The molecule has 5 aromatic rings. The second kappa shape index (κ2) is 9.45. The lowest BCUT2D eigenvalue weighted by molar-refractivity contribution is 0.0225. The molecule has 0 unspecified atom stereocenters. The Morgan fingerprint density at radius 2 is 1.20 bits per heavy atom. The Labute approximate surface area is 239 Å². The smallest absolute Gasteiger partial charge is 0.340 e. The van der Waals surface area contributed by atoms with Crippen molar-refractivity contribution in [1.29, 1.82) is 0 Å². The molecule has 202 valence electrons. The van der Waals surface area contributed by atoms with Crippen molar-refractivity contribution >= 4 is 34.4 Å². The van der Waals surface area contributed by atoms with Crippen LogP contribution < -0.4 is 20.3 Å². The molecule has 0 atom stereocenters. The quantitative estimate of drug-likeness (QED) is 0.220. The number of hydrogen-bond acceptors (Lipinski definition) is 6. The molecule has 2 aliphatic rings. The lowest BCUT2D eigenvalue weighted by atomic mass is 9.76. The van der Waals surface area contributed by atoms with Crippen molar-refractivity contribution < 1.29 is 14.3 Å². The standard InChI is InChI=1S/C35H29N3O3/c1-22-12-21-29(37-25-15-13-23(14-16-25)36-24-17-19-26(20-18-24)38(2)3)33-32(22)34(39)41-35(33)27-8-4-6-10-30(27)40-31-11-7-5-9-28(31)35/h4-21,36-37H,1-3H3. The van der Waals surface area contributed by atoms with E-state index in [4.69, 9.17) is 9.47 Å². The minimum Gasteiger partial charge on any atom is -0.456 e. The molecule has 41 heavy (non-hydrogen) atoms. The normalized spacial score (nSPS) is 13.9. The molecule has 7 rings (SSSR count). The molecule has 0 amide bonds. The maximum atomic E-state index is 13.6. The van der Waals surface area contributed by atoms with Gasteiger partial charge in [-0.3, -0.25) is 0 Å². The van der Waals surface area contributed by atoms with Gasteiger partial charge in [0.15, 0.2) is 5.60 Å². The van der Waals surface area contributed by atoms with Crippen LogP contribution in [0.2, 0.25) is 0 Å². The van der Waals surface area contributed by atoms with Gasteiger partial charge in [0, 0.05) is 59.2 Å². The Balaban J connectivity index is 1.28. The molecule has 0 fully saturated rings. The van der Waals surface area contributed by atoms with Crippen LogP contribution in [0.1, 0.15) is 32.6 Å². The van der Waals surface area contributed by atoms with Crippen LogP contribution in [0.4, 0.5) is 28.4 Å². The maximum absolute atomic E-state index is 13.6. The summed E-state index contributed by atoms with van der Waals surface area (Å²) in [6, 6.07) is 36.0. The average Bonchev–Trinajstić information content (AvgIpc) is 3.30. The van der Waals surface area contributed by atoms with E-state index in [9.17, 15) is 4.79 Å². The summed E-state index contributed by atoms with van der Waals surface area (Å²) in [5.41, 5.74) is 7.58. The minimum atomic E-state index is -1.13. The van der Waals surface area contributed by atoms with Crippen molar-refractivity contribution in [3.8, 4) is 11.5 Å². The van der Waals surface area contributed by atoms with Gasteiger partial charge < -0.3 is 25.0 Å². The molecule has 1 spiro atoms. The molecule has 6 nitrogen and oxygen atoms in total. The first-order chi connectivity index (χ1) is 19.9. The monoisotopic (exact) mass is 539 g/mol. The number of nitrogens with zero attached hydrogens (tertiary/aromatic N) is 1. The van der Waals surface area contributed by atoms with Crippen LogP contribution in [0.15, 0.2) is 109 Å². The molecule has 0 saturated heterocycles. The van der Waals surface area contributed by atoms with E-state index in [1.54, 1.807) is 0 Å². The highest BCUT2D eigenvalue weighted by molar-refractivity contribution is 6.01. The van der Waals surface area contributed by atoms with Crippen LogP contribution in [0.3, 0.4) is 0 Å². The van der Waals surface area contributed by atoms with E-state index in [-0.39, 0.29) is 5.97 Å². The topological polar surface area (TPSA) is 62.8 Å². The first-order valence-electron chi connectivity index (χ1n) is 13.6. The number of para-hydroxylation sites is 2. The number of benzene rings is 5. The molecule has 5 aromatic carbocycles. The number of esters is 1. The molecule has 0 bridgehead atoms. The van der Waals surface area contributed by atoms with Gasteiger partial charge in [-0.15, -0.1) is 0 Å². The zero-order chi connectivity index (χ0) is 28.1. The van der Waals surface area contributed by atoms with E-state index in [1.807, 2.05) is 106 Å². The van der Waals surface area contributed by atoms with Gasteiger partial charge in [-0.05, 0) is 79.2 Å². The third-order valence-electron chi connectivity index (χ3n) is 7.80. The maximum Gasteiger partial charge on any atom is 0.340 e. The summed E-state index contributed by atoms with van der Waals surface area (Å²) in [5, 5.41) is 7.05. The van der Waals surface area contributed by atoms with Crippen LogP contribution >= 0.6 is 0 Å². The van der Waals surface area contributed by atoms with Gasteiger partial charge in [-0.1, -0.05) is 42.5 Å². The second-order valence-corrected chi connectivity index (χ2v) is 10.6. The molecule has 6 heteroatoms. The first-order valence-corrected chi connectivity index (χ1v) is 13.6. The lowest BCUT2D eigenvalue weighted by Crippen LogP contribution is -2.33. The molecular formula is C35H29N3O3. The summed E-state index contributed by atoms with van der Waals surface area (Å²) in [6.07, 6.45) is 0. The number of hydrogen-bond donors (Lipinski definition) is 2. The summed E-state index contributed by atoms with van der Waals surface area (Å²) >= 11 is 0. The SMILES string of the molecule is Cc1ccc(Nc2ccc(Nc3ccc(N(C)C)cc3)cc2)c2c1C(=O)OC21c2ccccc2Oc2ccccc21. The van der Waals surface area contributed by atoms with Crippen LogP contribution in [-0.2, 0) is 10.3 Å². The third-order valence-corrected chi connectivity index (χ3v) is 7.80. The molecule has 0 saturated carbocycles. The molecule has 2 aliphatic heterocycles. The molecule has 0 aliphatic carbocycles. The van der Waals surface area contributed by atoms with Gasteiger partial charge in [0.25, 0.3) is 0 Å². The average molecular weight is 540 g/mol. The van der Waals surface area contributed by atoms with E-state index in [0.29, 0.717) is 17.1 Å². The minimum absolute atomic E-state index is 0.340. The number of aryl methyl sites for hydroxylation is 1. The Kier molecular flexibility index (Phi) is 5.71. The molecule has 2 N–H and O–H groups in total. The Morgan fingerprint density at radius 1 is 0.659 bits per heavy atom. The Bertz CT molecular complexity index is 1750. The first kappa shape index (κ1) is 24.8. The number of fused-ring (bicyclic) bond motifs is 6. The van der Waals surface area contributed by atoms with Crippen molar-refractivity contribution in [2.24, 2.45) is 0 Å². The van der Waals surface area contributed by atoms with E-state index >= 15 is 0 Å². The fraction of sp³-hybridized carbons (Fsp3) is 0.114. The van der Waals surface area contributed by atoms with Gasteiger partial charge in [0.2, 0.25) is 0 Å². The van der Waals surface area contributed by atoms with Crippen molar-refractivity contribution in [1.82, 2.24) is 0 Å². The third kappa shape index (κ3) is 3.99. The van der Waals surface area contributed by atoms with Crippen LogP contribution in [0, 0.1) is 6.92 Å². The molecule has 2 heterocycles. The van der Waals surface area contributed by atoms with Crippen molar-refractivity contribution in [2.75, 3.05) is 29.6 Å². The van der Waals surface area contributed by atoms with Gasteiger partial charge in [-0.2, -0.15) is 0 Å². The largest absolute Gasteiger partial charge is 0.456 e. The van der Waals surface area contributed by atoms with Crippen molar-refractivity contribution in [2.45, 2.75) is 12.5 Å². The zero-order valence-corrected chi connectivity index (χ0v) is 23.1. The van der Waals surface area contributed by atoms with Crippen LogP contribution in [0.5, 0.6) is 11.5 Å². The zero-order valence-electron chi connectivity index (χ0n) is 23.1. The number of rotatable bonds is 5. The predicted molar refractivity (Wildman–Crippen MR) is 163 cm³/mol. The van der Waals surface area contributed by atoms with Crippen LogP contribution in [-0.4, -0.2) is 20.1 Å². The number of carbonyl (C=O) groups is 1. The second-order valence-electron chi connectivity index (χ2n) is 10.6. The van der Waals surface area contributed by atoms with Crippen molar-refractivity contribution in [3.63, 3.8) is 0 Å². The van der Waals surface area contributed by atoms with Gasteiger partial charge in [0.05, 0.1) is 5.56 Å². The van der Waals surface area contributed by atoms with E-state index in [2.05, 4.69) is 39.8 Å². The van der Waals surface area contributed by atoms with Gasteiger partial charge >= 0.3 is 5.97 Å². The fourth-order valence-corrected chi connectivity index (χ4v) is 5.82. The van der Waals surface area contributed by atoms with Gasteiger partial charge in [-0.25, -0.2) is 4.79 Å². The number of carbonyl (C=O) groups excluding carboxylic acids is 1. The highest BCUT2D eigenvalue weighted by Gasteiger charge is 2.55. The Hall–Kier alpha value is -5.23. The summed E-state index contributed by atoms with van der Waals surface area (Å²) in [7, 11) is 4.06. The van der Waals surface area contributed by atoms with Crippen LogP contribution in [0.25, 0.3) is 0 Å². The summed E-state index contributed by atoms with van der Waals surface area (Å²) in [5.74, 6) is 1.01. The summed E-state index contributed by atoms with van der Waals surface area (Å²) in [6.45, 7) is 1.95. The molecule has 0 radical (unpaired) electrons. The fourth-order valence-electron chi connectivity index (χ4n) is 5.82. The molecular weight excluding hydrogens is 510 g/mol. The van der Waals surface area contributed by atoms with Crippen molar-refractivity contribution in [3.05, 3.63) is 137 Å². The van der Waals surface area contributed by atoms with E-state index < -0.39 is 5.60 Å². The highest BCUT2D eigenvalue weighted by Crippen LogP contribution is 2.58.